The van der Waals surface area contributed by atoms with Crippen LogP contribution in [0.5, 0.6) is 0 Å². The maximum Gasteiger partial charge on any atom is 0.123 e. The first-order chi connectivity index (χ1) is 9.81. The monoisotopic (exact) mass is 268 g/mol. The van der Waals surface area contributed by atoms with Crippen molar-refractivity contribution in [2.45, 2.75) is 6.54 Å². The van der Waals surface area contributed by atoms with Gasteiger partial charge in [0.15, 0.2) is 0 Å². The molecule has 0 radical (unpaired) electrons. The van der Waals surface area contributed by atoms with Gasteiger partial charge in [0.2, 0.25) is 0 Å². The molecule has 104 valence electrons. The highest BCUT2D eigenvalue weighted by Gasteiger charge is 2.17. The molecule has 20 heavy (non-hydrogen) atoms. The number of rotatable bonds is 3. The van der Waals surface area contributed by atoms with Gasteiger partial charge in [0.05, 0.1) is 11.9 Å². The van der Waals surface area contributed by atoms with Crippen molar-refractivity contribution >= 4 is 11.5 Å². The fraction of sp³-hybridized carbons (Fsp3) is 0.312. The van der Waals surface area contributed by atoms with Gasteiger partial charge in [0.1, 0.15) is 5.82 Å². The van der Waals surface area contributed by atoms with Gasteiger partial charge in [-0.25, -0.2) is 4.98 Å². The molecule has 1 fully saturated rings. The summed E-state index contributed by atoms with van der Waals surface area (Å²) in [6, 6.07) is 14.6. The standard InChI is InChI=1S/C16H20N4/c17-16-7-6-15(12-18-16)20-10-8-19(9-11-20)13-14-4-2-1-3-5-14/h1-7,12H,8-11,13H2,(H2,17,18). The number of nitrogens with two attached hydrogens (primary N) is 1. The van der Waals surface area contributed by atoms with Gasteiger partial charge in [0.25, 0.3) is 0 Å². The van der Waals surface area contributed by atoms with E-state index in [1.165, 1.54) is 11.3 Å². The van der Waals surface area contributed by atoms with Crippen molar-refractivity contribution in [2.75, 3.05) is 36.8 Å². The van der Waals surface area contributed by atoms with Gasteiger partial charge < -0.3 is 10.6 Å². The molecular formula is C16H20N4. The number of pyridine rings is 1. The Hall–Kier alpha value is -2.07. The molecule has 1 aromatic carbocycles. The van der Waals surface area contributed by atoms with Gasteiger partial charge in [-0.05, 0) is 17.7 Å². The number of benzene rings is 1. The summed E-state index contributed by atoms with van der Waals surface area (Å²) in [5.41, 5.74) is 8.18. The Labute approximate surface area is 119 Å². The second-order valence-corrected chi connectivity index (χ2v) is 5.19. The number of piperazine rings is 1. The summed E-state index contributed by atoms with van der Waals surface area (Å²) < 4.78 is 0. The Morgan fingerprint density at radius 1 is 0.950 bits per heavy atom. The van der Waals surface area contributed by atoms with Crippen LogP contribution in [0, 0.1) is 0 Å². The van der Waals surface area contributed by atoms with Crippen LogP contribution in [0.15, 0.2) is 48.7 Å². The molecule has 1 saturated heterocycles. The number of hydrogen-bond acceptors (Lipinski definition) is 4. The maximum absolute atomic E-state index is 5.63. The van der Waals surface area contributed by atoms with Gasteiger partial charge in [-0.1, -0.05) is 30.3 Å². The first-order valence-corrected chi connectivity index (χ1v) is 7.04. The van der Waals surface area contributed by atoms with E-state index in [4.69, 9.17) is 5.73 Å². The van der Waals surface area contributed by atoms with Crippen LogP contribution >= 0.6 is 0 Å². The van der Waals surface area contributed by atoms with Crippen molar-refractivity contribution in [1.29, 1.82) is 0 Å². The highest BCUT2D eigenvalue weighted by molar-refractivity contribution is 5.48. The van der Waals surface area contributed by atoms with Crippen LogP contribution < -0.4 is 10.6 Å². The molecule has 2 N–H and O–H groups in total. The number of nitrogen functional groups attached to an aromatic ring is 1. The van der Waals surface area contributed by atoms with E-state index in [-0.39, 0.29) is 0 Å². The molecule has 1 aliphatic rings. The number of hydrogen-bond donors (Lipinski definition) is 1. The van der Waals surface area contributed by atoms with Crippen molar-refractivity contribution < 1.29 is 0 Å². The average molecular weight is 268 g/mol. The smallest absolute Gasteiger partial charge is 0.123 e. The molecular weight excluding hydrogens is 248 g/mol. The third-order valence-corrected chi connectivity index (χ3v) is 3.76. The highest BCUT2D eigenvalue weighted by atomic mass is 15.3. The van der Waals surface area contributed by atoms with Crippen LogP contribution in [-0.2, 0) is 6.54 Å². The predicted octanol–water partition coefficient (Wildman–Crippen LogP) is 1.99. The fourth-order valence-corrected chi connectivity index (χ4v) is 2.59. The number of aromatic nitrogens is 1. The molecule has 4 heteroatoms. The van der Waals surface area contributed by atoms with E-state index in [1.54, 1.807) is 0 Å². The SMILES string of the molecule is Nc1ccc(N2CCN(Cc3ccccc3)CC2)cn1. The van der Waals surface area contributed by atoms with Gasteiger partial charge >= 0.3 is 0 Å². The second-order valence-electron chi connectivity index (χ2n) is 5.19. The maximum atomic E-state index is 5.63. The molecule has 2 aromatic rings. The summed E-state index contributed by atoms with van der Waals surface area (Å²) in [5, 5.41) is 0. The zero-order chi connectivity index (χ0) is 13.8. The van der Waals surface area contributed by atoms with E-state index in [0.717, 1.165) is 32.7 Å². The molecule has 4 nitrogen and oxygen atoms in total. The zero-order valence-corrected chi connectivity index (χ0v) is 11.6. The van der Waals surface area contributed by atoms with Gasteiger partial charge in [-0.2, -0.15) is 0 Å². The minimum atomic E-state index is 0.580. The summed E-state index contributed by atoms with van der Waals surface area (Å²) in [4.78, 5) is 9.03. The lowest BCUT2D eigenvalue weighted by molar-refractivity contribution is 0.250. The molecule has 3 rings (SSSR count). The second kappa shape index (κ2) is 5.92. The van der Waals surface area contributed by atoms with Crippen LogP contribution in [0.4, 0.5) is 11.5 Å². The largest absolute Gasteiger partial charge is 0.384 e. The quantitative estimate of drug-likeness (QED) is 0.924. The number of nitrogens with zero attached hydrogens (tertiary/aromatic N) is 3. The van der Waals surface area contributed by atoms with Crippen LogP contribution in [-0.4, -0.2) is 36.1 Å². The van der Waals surface area contributed by atoms with E-state index in [0.29, 0.717) is 5.82 Å². The third-order valence-electron chi connectivity index (χ3n) is 3.76. The minimum Gasteiger partial charge on any atom is -0.384 e. The topological polar surface area (TPSA) is 45.4 Å². The van der Waals surface area contributed by atoms with Crippen molar-refractivity contribution in [2.24, 2.45) is 0 Å². The summed E-state index contributed by atoms with van der Waals surface area (Å²) in [6.07, 6.45) is 1.86. The molecule has 1 aliphatic heterocycles. The van der Waals surface area contributed by atoms with Crippen molar-refractivity contribution in [3.05, 3.63) is 54.2 Å². The summed E-state index contributed by atoms with van der Waals surface area (Å²) in [5.74, 6) is 0.580. The molecule has 0 bridgehead atoms. The Morgan fingerprint density at radius 3 is 2.35 bits per heavy atom. The van der Waals surface area contributed by atoms with E-state index in [1.807, 2.05) is 12.3 Å². The van der Waals surface area contributed by atoms with Gasteiger partial charge in [-0.15, -0.1) is 0 Å². The van der Waals surface area contributed by atoms with Crippen molar-refractivity contribution in [3.8, 4) is 0 Å². The predicted molar refractivity (Wildman–Crippen MR) is 82.6 cm³/mol. The van der Waals surface area contributed by atoms with Gasteiger partial charge in [0, 0.05) is 32.7 Å². The third kappa shape index (κ3) is 3.08. The van der Waals surface area contributed by atoms with Crippen molar-refractivity contribution in [1.82, 2.24) is 9.88 Å². The normalized spacial score (nSPS) is 16.3. The molecule has 0 saturated carbocycles. The highest BCUT2D eigenvalue weighted by Crippen LogP contribution is 2.17. The van der Waals surface area contributed by atoms with Crippen molar-refractivity contribution in [3.63, 3.8) is 0 Å². The molecule has 0 unspecified atom stereocenters. The fourth-order valence-electron chi connectivity index (χ4n) is 2.59. The first kappa shape index (κ1) is 12.9. The minimum absolute atomic E-state index is 0.580. The molecule has 0 atom stereocenters. The lowest BCUT2D eigenvalue weighted by Crippen LogP contribution is -2.46. The Kier molecular flexibility index (Phi) is 3.83. The van der Waals surface area contributed by atoms with Gasteiger partial charge in [-0.3, -0.25) is 4.90 Å². The van der Waals surface area contributed by atoms with Crippen LogP contribution in [0.25, 0.3) is 0 Å². The number of anilines is 2. The van der Waals surface area contributed by atoms with Crippen LogP contribution in [0.3, 0.4) is 0 Å². The molecule has 1 aromatic heterocycles. The van der Waals surface area contributed by atoms with Crippen LogP contribution in [0.2, 0.25) is 0 Å². The molecule has 2 heterocycles. The molecule has 0 amide bonds. The van der Waals surface area contributed by atoms with E-state index in [9.17, 15) is 0 Å². The summed E-state index contributed by atoms with van der Waals surface area (Å²) >= 11 is 0. The lowest BCUT2D eigenvalue weighted by atomic mass is 10.2. The summed E-state index contributed by atoms with van der Waals surface area (Å²) in [7, 11) is 0. The molecule has 0 spiro atoms. The Balaban J connectivity index is 1.55. The summed E-state index contributed by atoms with van der Waals surface area (Å²) in [6.45, 7) is 5.28. The van der Waals surface area contributed by atoms with E-state index < -0.39 is 0 Å². The van der Waals surface area contributed by atoms with E-state index >= 15 is 0 Å². The first-order valence-electron chi connectivity index (χ1n) is 7.04. The van der Waals surface area contributed by atoms with Crippen LogP contribution in [0.1, 0.15) is 5.56 Å². The molecule has 0 aliphatic carbocycles. The van der Waals surface area contributed by atoms with E-state index in [2.05, 4.69) is 51.2 Å². The Bertz CT molecular complexity index is 530. The zero-order valence-electron chi connectivity index (χ0n) is 11.6. The average Bonchev–Trinajstić information content (AvgIpc) is 2.50. The lowest BCUT2D eigenvalue weighted by Gasteiger charge is -2.36. The Morgan fingerprint density at radius 2 is 1.70 bits per heavy atom.